The van der Waals surface area contributed by atoms with Crippen LogP contribution in [0.1, 0.15) is 39.2 Å². The fourth-order valence-electron chi connectivity index (χ4n) is 2.15. The maximum absolute atomic E-state index is 11.9. The van der Waals surface area contributed by atoms with Crippen LogP contribution in [0.4, 0.5) is 4.79 Å². The molecule has 3 amide bonds. The first kappa shape index (κ1) is 26.3. The van der Waals surface area contributed by atoms with Gasteiger partial charge in [-0.3, -0.25) is 9.59 Å². The Bertz CT molecular complexity index is 830. The number of aliphatic hydroxyl groups is 1. The van der Waals surface area contributed by atoms with Crippen LogP contribution in [0, 0.1) is 5.92 Å². The molecule has 12 heteroatoms. The van der Waals surface area contributed by atoms with Gasteiger partial charge in [-0.2, -0.15) is 8.42 Å². The van der Waals surface area contributed by atoms with Gasteiger partial charge in [0.05, 0.1) is 0 Å². The summed E-state index contributed by atoms with van der Waals surface area (Å²) in [5.74, 6) is -1.49. The van der Waals surface area contributed by atoms with Gasteiger partial charge >= 0.3 is 16.2 Å². The molecule has 0 radical (unpaired) electrons. The molecule has 1 aromatic rings. The van der Waals surface area contributed by atoms with Crippen LogP contribution in [0.15, 0.2) is 30.3 Å². The van der Waals surface area contributed by atoms with Gasteiger partial charge in [0, 0.05) is 0 Å². The number of carbonyl (C=O) groups excluding carboxylic acids is 3. The van der Waals surface area contributed by atoms with Crippen molar-refractivity contribution >= 4 is 28.0 Å². The number of nitrogens with one attached hydrogen (secondary N) is 3. The number of amides is 3. The van der Waals surface area contributed by atoms with E-state index in [9.17, 15) is 27.9 Å². The molecule has 0 spiro atoms. The molecule has 0 aliphatic rings. The van der Waals surface area contributed by atoms with Crippen molar-refractivity contribution in [3.05, 3.63) is 35.9 Å². The molecule has 1 rings (SSSR count). The number of rotatable bonds is 12. The molecule has 1 aromatic carbocycles. The standard InChI is InChI=1S/C19H29N3O8S/c1-13(2)9-10-17(24)31(27,28)30-22-18(25)14(3)21-16(23)11-20-19(26)29-12-15-7-5-4-6-8-15/h4-8,13-14,17,24H,9-12H2,1-3H3,(H,20,26)(H,21,23)(H,22,25)/t14-,17?/m0/s1. The highest BCUT2D eigenvalue weighted by Crippen LogP contribution is 2.12. The number of alkyl carbamates (subject to hydrolysis) is 1. The van der Waals surface area contributed by atoms with E-state index in [1.54, 1.807) is 29.7 Å². The second kappa shape index (κ2) is 12.9. The summed E-state index contributed by atoms with van der Waals surface area (Å²) in [6, 6.07) is 7.77. The van der Waals surface area contributed by atoms with Crippen LogP contribution in [0.2, 0.25) is 0 Å². The smallest absolute Gasteiger partial charge is 0.407 e. The van der Waals surface area contributed by atoms with E-state index in [-0.39, 0.29) is 18.9 Å². The molecule has 0 saturated heterocycles. The highest BCUT2D eigenvalue weighted by Gasteiger charge is 2.26. The summed E-state index contributed by atoms with van der Waals surface area (Å²) in [6.45, 7) is 4.58. The predicted octanol–water partition coefficient (Wildman–Crippen LogP) is 0.550. The van der Waals surface area contributed by atoms with Crippen molar-refractivity contribution in [2.75, 3.05) is 6.54 Å². The summed E-state index contributed by atoms with van der Waals surface area (Å²) >= 11 is 0. The van der Waals surface area contributed by atoms with Crippen LogP contribution in [-0.4, -0.2) is 49.5 Å². The van der Waals surface area contributed by atoms with E-state index in [2.05, 4.69) is 14.9 Å². The topological polar surface area (TPSA) is 160 Å². The molecule has 0 heterocycles. The highest BCUT2D eigenvalue weighted by atomic mass is 32.2. The Labute approximate surface area is 181 Å². The Kier molecular flexibility index (Phi) is 10.9. The Balaban J connectivity index is 2.32. The van der Waals surface area contributed by atoms with E-state index >= 15 is 0 Å². The van der Waals surface area contributed by atoms with Gasteiger partial charge in [-0.25, -0.2) is 10.3 Å². The second-order valence-corrected chi connectivity index (χ2v) is 8.87. The van der Waals surface area contributed by atoms with E-state index in [4.69, 9.17) is 4.74 Å². The van der Waals surface area contributed by atoms with Crippen molar-refractivity contribution in [2.45, 2.75) is 51.7 Å². The number of hydrogen-bond donors (Lipinski definition) is 4. The van der Waals surface area contributed by atoms with Crippen LogP contribution in [0.5, 0.6) is 0 Å². The van der Waals surface area contributed by atoms with Crippen molar-refractivity contribution in [2.24, 2.45) is 5.92 Å². The Morgan fingerprint density at radius 3 is 2.32 bits per heavy atom. The molecule has 0 saturated carbocycles. The van der Waals surface area contributed by atoms with E-state index < -0.39 is 46.0 Å². The van der Waals surface area contributed by atoms with E-state index in [1.165, 1.54) is 6.92 Å². The Morgan fingerprint density at radius 1 is 1.06 bits per heavy atom. The first-order chi connectivity index (χ1) is 14.5. The van der Waals surface area contributed by atoms with Crippen molar-refractivity contribution in [1.82, 2.24) is 16.1 Å². The first-order valence-electron chi connectivity index (χ1n) is 9.65. The van der Waals surface area contributed by atoms with Crippen molar-refractivity contribution < 1.29 is 36.9 Å². The van der Waals surface area contributed by atoms with Crippen LogP contribution in [0.25, 0.3) is 0 Å². The first-order valence-corrected chi connectivity index (χ1v) is 11.1. The molecule has 0 aliphatic carbocycles. The van der Waals surface area contributed by atoms with Gasteiger partial charge in [0.1, 0.15) is 19.2 Å². The number of aliphatic hydroxyl groups excluding tert-OH is 1. The summed E-state index contributed by atoms with van der Waals surface area (Å²) in [4.78, 5) is 35.3. The van der Waals surface area contributed by atoms with Gasteiger partial charge < -0.3 is 20.5 Å². The SMILES string of the molecule is CC(C)CCC(O)S(=O)(=O)ONC(=O)[C@H](C)NC(=O)CNC(=O)OCc1ccccc1. The van der Waals surface area contributed by atoms with Gasteiger partial charge in [0.2, 0.25) is 5.91 Å². The zero-order valence-corrected chi connectivity index (χ0v) is 18.5. The molecule has 0 aromatic heterocycles. The minimum Gasteiger partial charge on any atom is -0.445 e. The third kappa shape index (κ3) is 10.8. The molecule has 2 atom stereocenters. The van der Waals surface area contributed by atoms with E-state index in [0.717, 1.165) is 5.56 Å². The zero-order chi connectivity index (χ0) is 23.4. The Hall–Kier alpha value is -2.70. The number of carbonyl (C=O) groups is 3. The summed E-state index contributed by atoms with van der Waals surface area (Å²) in [5.41, 5.74) is 0.675. The second-order valence-electron chi connectivity index (χ2n) is 7.17. The quantitative estimate of drug-likeness (QED) is 0.330. The average Bonchev–Trinajstić information content (AvgIpc) is 2.73. The van der Waals surface area contributed by atoms with Crippen LogP contribution >= 0.6 is 0 Å². The molecule has 1 unspecified atom stereocenters. The van der Waals surface area contributed by atoms with E-state index in [0.29, 0.717) is 6.42 Å². The molecule has 0 aliphatic heterocycles. The van der Waals surface area contributed by atoms with Crippen molar-refractivity contribution in [3.63, 3.8) is 0 Å². The maximum Gasteiger partial charge on any atom is 0.407 e. The molecule has 31 heavy (non-hydrogen) atoms. The fourth-order valence-corrected chi connectivity index (χ4v) is 2.88. The summed E-state index contributed by atoms with van der Waals surface area (Å²) in [6.07, 6.45) is -0.417. The van der Waals surface area contributed by atoms with Gasteiger partial charge in [-0.1, -0.05) is 44.2 Å². The number of hydroxylamine groups is 1. The zero-order valence-electron chi connectivity index (χ0n) is 17.7. The lowest BCUT2D eigenvalue weighted by Gasteiger charge is -2.16. The van der Waals surface area contributed by atoms with Crippen LogP contribution < -0.4 is 16.1 Å². The molecular formula is C19H29N3O8S. The monoisotopic (exact) mass is 459 g/mol. The molecule has 0 fully saturated rings. The van der Waals surface area contributed by atoms with E-state index in [1.807, 2.05) is 19.9 Å². The lowest BCUT2D eigenvalue weighted by atomic mass is 10.1. The summed E-state index contributed by atoms with van der Waals surface area (Å²) in [7, 11) is -4.43. The molecular weight excluding hydrogens is 430 g/mol. The van der Waals surface area contributed by atoms with Gasteiger partial charge in [-0.05, 0) is 31.2 Å². The maximum atomic E-state index is 11.9. The third-order valence-electron chi connectivity index (χ3n) is 3.96. The normalized spacial score (nSPS) is 13.2. The molecule has 174 valence electrons. The highest BCUT2D eigenvalue weighted by molar-refractivity contribution is 7.87. The Morgan fingerprint density at radius 2 is 1.71 bits per heavy atom. The lowest BCUT2D eigenvalue weighted by Crippen LogP contribution is -2.48. The van der Waals surface area contributed by atoms with Crippen LogP contribution in [-0.2, 0) is 35.3 Å². The summed E-state index contributed by atoms with van der Waals surface area (Å²) < 4.78 is 32.9. The third-order valence-corrected chi connectivity index (χ3v) is 5.18. The largest absolute Gasteiger partial charge is 0.445 e. The number of ether oxygens (including phenoxy) is 1. The van der Waals surface area contributed by atoms with Gasteiger partial charge in [-0.15, -0.1) is 4.28 Å². The molecule has 4 N–H and O–H groups in total. The number of benzene rings is 1. The van der Waals surface area contributed by atoms with Gasteiger partial charge in [0.15, 0.2) is 5.44 Å². The predicted molar refractivity (Wildman–Crippen MR) is 110 cm³/mol. The van der Waals surface area contributed by atoms with Crippen molar-refractivity contribution in [3.8, 4) is 0 Å². The van der Waals surface area contributed by atoms with Crippen LogP contribution in [0.3, 0.4) is 0 Å². The number of hydrogen-bond acceptors (Lipinski definition) is 8. The molecule has 11 nitrogen and oxygen atoms in total. The molecule has 0 bridgehead atoms. The average molecular weight is 460 g/mol. The van der Waals surface area contributed by atoms with Gasteiger partial charge in [0.25, 0.3) is 5.91 Å². The van der Waals surface area contributed by atoms with Crippen molar-refractivity contribution in [1.29, 1.82) is 0 Å². The minimum atomic E-state index is -4.43. The lowest BCUT2D eigenvalue weighted by molar-refractivity contribution is -0.132. The fraction of sp³-hybridized carbons (Fsp3) is 0.526. The summed E-state index contributed by atoms with van der Waals surface area (Å²) in [5, 5.41) is 14.2. The minimum absolute atomic E-state index is 0.0297.